The number of nitrogens with zero attached hydrogens (tertiary/aromatic N) is 2. The van der Waals surface area contributed by atoms with Gasteiger partial charge in [-0.2, -0.15) is 4.31 Å². The van der Waals surface area contributed by atoms with Crippen LogP contribution < -0.4 is 9.64 Å². The van der Waals surface area contributed by atoms with E-state index in [2.05, 4.69) is 4.90 Å². The molecular weight excluding hydrogens is 300 g/mol. The molecule has 1 unspecified atom stereocenters. The van der Waals surface area contributed by atoms with Crippen molar-refractivity contribution in [3.8, 4) is 5.75 Å². The quantitative estimate of drug-likeness (QED) is 0.838. The highest BCUT2D eigenvalue weighted by Gasteiger charge is 2.33. The maximum Gasteiger partial charge on any atom is 0.243 e. The summed E-state index contributed by atoms with van der Waals surface area (Å²) in [5.74, 6) is 0.669. The van der Waals surface area contributed by atoms with Crippen LogP contribution in [0, 0.1) is 6.92 Å². The van der Waals surface area contributed by atoms with Gasteiger partial charge in [-0.15, -0.1) is 0 Å². The Morgan fingerprint density at radius 1 is 1.23 bits per heavy atom. The molecule has 1 atom stereocenters. The summed E-state index contributed by atoms with van der Waals surface area (Å²) in [5.41, 5.74) is 1.75. The van der Waals surface area contributed by atoms with Crippen LogP contribution in [0.15, 0.2) is 17.0 Å². The largest absolute Gasteiger partial charge is 0.490 e. The topological polar surface area (TPSA) is 49.9 Å². The van der Waals surface area contributed by atoms with Gasteiger partial charge in [-0.3, -0.25) is 0 Å². The zero-order valence-corrected chi connectivity index (χ0v) is 14.3. The van der Waals surface area contributed by atoms with E-state index in [-0.39, 0.29) is 6.04 Å². The highest BCUT2D eigenvalue weighted by atomic mass is 32.2. The van der Waals surface area contributed by atoms with Gasteiger partial charge in [0.05, 0.1) is 17.1 Å². The van der Waals surface area contributed by atoms with Crippen LogP contribution in [0.5, 0.6) is 5.75 Å². The number of piperidine rings is 1. The average Bonchev–Trinajstić information content (AvgIpc) is 2.48. The van der Waals surface area contributed by atoms with Gasteiger partial charge < -0.3 is 9.64 Å². The van der Waals surface area contributed by atoms with E-state index in [4.69, 9.17) is 4.74 Å². The number of likely N-dealkylation sites (N-methyl/N-ethyl adjacent to an activating group) is 1. The second-order valence-electron chi connectivity index (χ2n) is 6.32. The second kappa shape index (κ2) is 5.74. The van der Waals surface area contributed by atoms with E-state index < -0.39 is 10.0 Å². The molecular formula is C16H24N2O3S. The first kappa shape index (κ1) is 15.6. The lowest BCUT2D eigenvalue weighted by Gasteiger charge is -2.34. The standard InChI is InChI=1S/C16H24N2O3S/c1-12-10-14-15(21-9-8-17(14)3)11-16(12)22(19,20)18-7-5-4-6-13(18)2/h10-11,13H,4-9H2,1-3H3. The smallest absolute Gasteiger partial charge is 0.243 e. The number of ether oxygens (including phenoxy) is 1. The van der Waals surface area contributed by atoms with Crippen LogP contribution >= 0.6 is 0 Å². The fourth-order valence-electron chi connectivity index (χ4n) is 3.31. The van der Waals surface area contributed by atoms with E-state index in [1.165, 1.54) is 0 Å². The molecule has 2 heterocycles. The normalized spacial score (nSPS) is 23.0. The van der Waals surface area contributed by atoms with Crippen molar-refractivity contribution >= 4 is 15.7 Å². The first-order valence-electron chi connectivity index (χ1n) is 7.91. The number of benzene rings is 1. The Kier molecular flexibility index (Phi) is 4.07. The van der Waals surface area contributed by atoms with Gasteiger partial charge in [-0.25, -0.2) is 8.42 Å². The molecule has 0 saturated carbocycles. The predicted molar refractivity (Wildman–Crippen MR) is 87.1 cm³/mol. The zero-order chi connectivity index (χ0) is 15.9. The van der Waals surface area contributed by atoms with Gasteiger partial charge in [0.2, 0.25) is 10.0 Å². The monoisotopic (exact) mass is 324 g/mol. The minimum absolute atomic E-state index is 0.0674. The number of hydrogen-bond donors (Lipinski definition) is 0. The summed E-state index contributed by atoms with van der Waals surface area (Å²) in [6, 6.07) is 3.70. The van der Waals surface area contributed by atoms with Crippen molar-refractivity contribution in [2.75, 3.05) is 31.6 Å². The molecule has 1 aromatic carbocycles. The molecule has 0 aliphatic carbocycles. The summed E-state index contributed by atoms with van der Waals surface area (Å²) in [4.78, 5) is 2.49. The summed E-state index contributed by atoms with van der Waals surface area (Å²) < 4.78 is 33.4. The molecule has 3 rings (SSSR count). The van der Waals surface area contributed by atoms with E-state index in [1.807, 2.05) is 27.0 Å². The summed E-state index contributed by atoms with van der Waals surface area (Å²) in [6.45, 7) is 5.88. The Bertz CT molecular complexity index is 672. The SMILES string of the molecule is Cc1cc2c(cc1S(=O)(=O)N1CCCCC1C)OCCN2C. The zero-order valence-electron chi connectivity index (χ0n) is 13.5. The molecule has 0 N–H and O–H groups in total. The van der Waals surface area contributed by atoms with Crippen LogP contribution in [0.1, 0.15) is 31.7 Å². The number of sulfonamides is 1. The third-order valence-electron chi connectivity index (χ3n) is 4.68. The number of anilines is 1. The molecule has 0 radical (unpaired) electrons. The minimum Gasteiger partial charge on any atom is -0.490 e. The van der Waals surface area contributed by atoms with Gasteiger partial charge in [-0.1, -0.05) is 6.42 Å². The number of aryl methyl sites for hydroxylation is 1. The van der Waals surface area contributed by atoms with E-state index in [0.717, 1.165) is 37.1 Å². The van der Waals surface area contributed by atoms with Crippen LogP contribution in [0.4, 0.5) is 5.69 Å². The van der Waals surface area contributed by atoms with Crippen LogP contribution in [0.25, 0.3) is 0 Å². The van der Waals surface area contributed by atoms with Gasteiger partial charge in [0, 0.05) is 25.7 Å². The molecule has 0 amide bonds. The summed E-state index contributed by atoms with van der Waals surface area (Å²) in [6.07, 6.45) is 2.97. The van der Waals surface area contributed by atoms with Gasteiger partial charge in [0.25, 0.3) is 0 Å². The lowest BCUT2D eigenvalue weighted by atomic mass is 10.1. The molecule has 2 aliphatic heterocycles. The molecule has 1 saturated heterocycles. The molecule has 122 valence electrons. The second-order valence-corrected chi connectivity index (χ2v) is 8.17. The maximum absolute atomic E-state index is 13.0. The fourth-order valence-corrected chi connectivity index (χ4v) is 5.24. The third kappa shape index (κ3) is 2.58. The lowest BCUT2D eigenvalue weighted by molar-refractivity contribution is 0.268. The highest BCUT2D eigenvalue weighted by Crippen LogP contribution is 2.37. The van der Waals surface area contributed by atoms with Crippen LogP contribution in [-0.2, 0) is 10.0 Å². The fraction of sp³-hybridized carbons (Fsp3) is 0.625. The first-order chi connectivity index (χ1) is 10.4. The van der Waals surface area contributed by atoms with Crippen LogP contribution in [0.2, 0.25) is 0 Å². The molecule has 1 aromatic rings. The number of fused-ring (bicyclic) bond motifs is 1. The molecule has 0 spiro atoms. The maximum atomic E-state index is 13.0. The molecule has 1 fully saturated rings. The van der Waals surface area contributed by atoms with Crippen molar-refractivity contribution in [3.63, 3.8) is 0 Å². The van der Waals surface area contributed by atoms with E-state index in [1.54, 1.807) is 10.4 Å². The van der Waals surface area contributed by atoms with Crippen LogP contribution in [-0.4, -0.2) is 45.5 Å². The van der Waals surface area contributed by atoms with E-state index in [0.29, 0.717) is 23.8 Å². The van der Waals surface area contributed by atoms with Crippen molar-refractivity contribution in [3.05, 3.63) is 17.7 Å². The summed E-state index contributed by atoms with van der Waals surface area (Å²) >= 11 is 0. The Morgan fingerprint density at radius 3 is 2.73 bits per heavy atom. The molecule has 22 heavy (non-hydrogen) atoms. The van der Waals surface area contributed by atoms with Crippen molar-refractivity contribution < 1.29 is 13.2 Å². The van der Waals surface area contributed by atoms with Crippen molar-refractivity contribution in [2.24, 2.45) is 0 Å². The minimum atomic E-state index is -3.46. The van der Waals surface area contributed by atoms with Crippen LogP contribution in [0.3, 0.4) is 0 Å². The Balaban J connectivity index is 2.04. The predicted octanol–water partition coefficient (Wildman–Crippen LogP) is 2.39. The van der Waals surface area contributed by atoms with Gasteiger partial charge >= 0.3 is 0 Å². The number of rotatable bonds is 2. The first-order valence-corrected chi connectivity index (χ1v) is 9.35. The molecule has 2 aliphatic rings. The Labute approximate surface area is 132 Å². The third-order valence-corrected chi connectivity index (χ3v) is 6.84. The van der Waals surface area contributed by atoms with Crippen molar-refractivity contribution in [1.82, 2.24) is 4.31 Å². The molecule has 0 bridgehead atoms. The molecule has 6 heteroatoms. The van der Waals surface area contributed by atoms with Crippen molar-refractivity contribution in [1.29, 1.82) is 0 Å². The van der Waals surface area contributed by atoms with Gasteiger partial charge in [0.1, 0.15) is 12.4 Å². The molecule has 0 aromatic heterocycles. The average molecular weight is 324 g/mol. The molecule has 5 nitrogen and oxygen atoms in total. The van der Waals surface area contributed by atoms with Gasteiger partial charge in [0.15, 0.2) is 0 Å². The van der Waals surface area contributed by atoms with Crippen molar-refractivity contribution in [2.45, 2.75) is 44.0 Å². The lowest BCUT2D eigenvalue weighted by Crippen LogP contribution is -2.42. The highest BCUT2D eigenvalue weighted by molar-refractivity contribution is 7.89. The Hall–Kier alpha value is -1.27. The van der Waals surface area contributed by atoms with E-state index >= 15 is 0 Å². The Morgan fingerprint density at radius 2 is 2.00 bits per heavy atom. The summed E-state index contributed by atoms with van der Waals surface area (Å²) in [7, 11) is -1.46. The number of hydrogen-bond acceptors (Lipinski definition) is 4. The van der Waals surface area contributed by atoms with Gasteiger partial charge in [-0.05, 0) is 38.3 Å². The summed E-state index contributed by atoms with van der Waals surface area (Å²) in [5, 5.41) is 0. The van der Waals surface area contributed by atoms with E-state index in [9.17, 15) is 8.42 Å².